The summed E-state index contributed by atoms with van der Waals surface area (Å²) in [4.78, 5) is 66.3. The van der Waals surface area contributed by atoms with Crippen molar-refractivity contribution < 1.29 is 34.2 Å². The molecule has 2 heterocycles. The van der Waals surface area contributed by atoms with Crippen LogP contribution < -0.4 is 27.0 Å². The van der Waals surface area contributed by atoms with E-state index in [9.17, 15) is 34.2 Å². The Morgan fingerprint density at radius 1 is 0.905 bits per heavy atom. The number of phenolic OH excluding ortho intramolecular Hbond substituents is 1. The Hall–Kier alpha value is -4.91. The number of rotatable bonds is 13. The summed E-state index contributed by atoms with van der Waals surface area (Å²) in [6.45, 7) is 0.676. The fraction of sp³-hybridized carbons (Fsp3) is 0.345. The normalized spacial score (nSPS) is 16.7. The van der Waals surface area contributed by atoms with Crippen LogP contribution in [0.4, 0.5) is 0 Å². The number of phenols is 1. The molecule has 13 nitrogen and oxygen atoms in total. The third kappa shape index (κ3) is 7.85. The third-order valence-electron chi connectivity index (χ3n) is 7.14. The molecule has 0 bridgehead atoms. The number of H-pyrrole nitrogens is 1. The van der Waals surface area contributed by atoms with Gasteiger partial charge in [-0.2, -0.15) is 0 Å². The average molecular weight is 579 g/mol. The number of nitrogens with one attached hydrogen (secondary N) is 5. The monoisotopic (exact) mass is 578 g/mol. The molecule has 0 spiro atoms. The van der Waals surface area contributed by atoms with E-state index in [-0.39, 0.29) is 24.5 Å². The van der Waals surface area contributed by atoms with Crippen LogP contribution in [-0.2, 0) is 36.8 Å². The second-order valence-electron chi connectivity index (χ2n) is 10.3. The molecular formula is C29H34N6O7. The second-order valence-corrected chi connectivity index (χ2v) is 10.3. The first-order valence-electron chi connectivity index (χ1n) is 13.6. The molecule has 1 saturated heterocycles. The minimum absolute atomic E-state index is 0.0193. The maximum absolute atomic E-state index is 13.7. The number of carbonyl (C=O) groups is 5. The Bertz CT molecular complexity index is 1450. The minimum atomic E-state index is -1.60. The number of hydrogen-bond acceptors (Lipinski definition) is 7. The van der Waals surface area contributed by atoms with Gasteiger partial charge in [-0.1, -0.05) is 30.3 Å². The van der Waals surface area contributed by atoms with Gasteiger partial charge in [-0.05, 0) is 48.7 Å². The van der Waals surface area contributed by atoms with E-state index in [1.54, 1.807) is 18.3 Å². The van der Waals surface area contributed by atoms with E-state index < -0.39 is 54.3 Å². The van der Waals surface area contributed by atoms with Crippen molar-refractivity contribution >= 4 is 40.5 Å². The van der Waals surface area contributed by atoms with Crippen molar-refractivity contribution in [1.29, 1.82) is 0 Å². The maximum atomic E-state index is 13.7. The highest BCUT2D eigenvalue weighted by molar-refractivity contribution is 5.95. The number of benzene rings is 2. The topological polar surface area (TPSA) is 216 Å². The molecule has 4 unspecified atom stereocenters. The van der Waals surface area contributed by atoms with E-state index in [0.717, 1.165) is 17.3 Å². The highest BCUT2D eigenvalue weighted by atomic mass is 16.4. The van der Waals surface area contributed by atoms with Gasteiger partial charge in [0.05, 0.1) is 12.5 Å². The summed E-state index contributed by atoms with van der Waals surface area (Å²) in [5, 5.41) is 30.8. The van der Waals surface area contributed by atoms with Gasteiger partial charge in [0, 0.05) is 29.9 Å². The summed E-state index contributed by atoms with van der Waals surface area (Å²) < 4.78 is 0. The Labute approximate surface area is 241 Å². The zero-order valence-electron chi connectivity index (χ0n) is 22.8. The van der Waals surface area contributed by atoms with Crippen LogP contribution in [0.1, 0.15) is 30.4 Å². The maximum Gasteiger partial charge on any atom is 0.326 e. The van der Waals surface area contributed by atoms with Crippen molar-refractivity contribution in [2.75, 3.05) is 6.54 Å². The standard InChI is InChI=1S/C29H34N6O7/c30-25(37)14-24(29(41)42)35-28(40)23(13-17-15-32-20-5-2-1-4-19(17)20)34-27(39)22(12-16-7-9-18(36)10-8-16)33-26(38)21-6-3-11-31-21/h1-2,4-5,7-10,15,21-24,31-32,36H,3,6,11-14H2,(H2,30,37)(H,33,38)(H,34,39)(H,35,40)(H,41,42). The third-order valence-corrected chi connectivity index (χ3v) is 7.14. The number of aromatic nitrogens is 1. The first-order chi connectivity index (χ1) is 20.1. The summed E-state index contributed by atoms with van der Waals surface area (Å²) in [7, 11) is 0. The number of carboxylic acids is 1. The zero-order valence-corrected chi connectivity index (χ0v) is 22.8. The fourth-order valence-corrected chi connectivity index (χ4v) is 4.93. The van der Waals surface area contributed by atoms with Crippen LogP contribution in [0.2, 0.25) is 0 Å². The predicted molar refractivity (Wildman–Crippen MR) is 152 cm³/mol. The number of aliphatic carboxylic acids is 1. The number of primary amides is 1. The van der Waals surface area contributed by atoms with Crippen molar-refractivity contribution in [3.8, 4) is 5.75 Å². The summed E-state index contributed by atoms with van der Waals surface area (Å²) in [6, 6.07) is 9.08. The van der Waals surface area contributed by atoms with E-state index in [1.807, 2.05) is 24.3 Å². The SMILES string of the molecule is NC(=O)CC(NC(=O)C(Cc1c[nH]c2ccccc12)NC(=O)C(Cc1ccc(O)cc1)NC(=O)C1CCCN1)C(=O)O. The molecule has 1 aliphatic rings. The molecule has 42 heavy (non-hydrogen) atoms. The first-order valence-corrected chi connectivity index (χ1v) is 13.6. The Balaban J connectivity index is 1.60. The molecule has 0 aliphatic carbocycles. The molecule has 2 aromatic carbocycles. The van der Waals surface area contributed by atoms with Crippen LogP contribution in [-0.4, -0.2) is 75.5 Å². The molecule has 4 rings (SSSR count). The number of hydrogen-bond donors (Lipinski definition) is 8. The van der Waals surface area contributed by atoms with Gasteiger partial charge in [-0.25, -0.2) is 4.79 Å². The van der Waals surface area contributed by atoms with E-state index >= 15 is 0 Å². The average Bonchev–Trinajstić information content (AvgIpc) is 3.64. The summed E-state index contributed by atoms with van der Waals surface area (Å²) in [5.41, 5.74) is 7.30. The van der Waals surface area contributed by atoms with Crippen molar-refractivity contribution in [3.05, 3.63) is 65.9 Å². The molecule has 1 aromatic heterocycles. The summed E-state index contributed by atoms with van der Waals surface area (Å²) >= 11 is 0. The quantitative estimate of drug-likeness (QED) is 0.136. The van der Waals surface area contributed by atoms with Crippen LogP contribution in [0, 0.1) is 0 Å². The van der Waals surface area contributed by atoms with Crippen LogP contribution in [0.15, 0.2) is 54.7 Å². The molecule has 13 heteroatoms. The van der Waals surface area contributed by atoms with E-state index in [2.05, 4.69) is 26.3 Å². The molecule has 1 aliphatic heterocycles. The van der Waals surface area contributed by atoms with Crippen LogP contribution in [0.5, 0.6) is 5.75 Å². The Morgan fingerprint density at radius 3 is 2.21 bits per heavy atom. The van der Waals surface area contributed by atoms with Crippen LogP contribution >= 0.6 is 0 Å². The number of carboxylic acid groups (broad SMARTS) is 1. The fourth-order valence-electron chi connectivity index (χ4n) is 4.93. The van der Waals surface area contributed by atoms with Gasteiger partial charge >= 0.3 is 5.97 Å². The number of amides is 4. The van der Waals surface area contributed by atoms with Crippen LogP contribution in [0.25, 0.3) is 10.9 Å². The van der Waals surface area contributed by atoms with Crippen LogP contribution in [0.3, 0.4) is 0 Å². The lowest BCUT2D eigenvalue weighted by Gasteiger charge is -2.25. The van der Waals surface area contributed by atoms with E-state index in [1.165, 1.54) is 12.1 Å². The molecule has 0 radical (unpaired) electrons. The number of fused-ring (bicyclic) bond motifs is 1. The lowest BCUT2D eigenvalue weighted by atomic mass is 10.0. The number of aromatic hydroxyl groups is 1. The number of carbonyl (C=O) groups excluding carboxylic acids is 4. The van der Waals surface area contributed by atoms with Crippen molar-refractivity contribution in [2.24, 2.45) is 5.73 Å². The van der Waals surface area contributed by atoms with E-state index in [4.69, 9.17) is 5.73 Å². The first kappa shape index (κ1) is 30.1. The summed E-state index contributed by atoms with van der Waals surface area (Å²) in [5.74, 6) is -4.21. The molecule has 1 fully saturated rings. The Kier molecular flexibility index (Phi) is 9.76. The lowest BCUT2D eigenvalue weighted by molar-refractivity contribution is -0.143. The summed E-state index contributed by atoms with van der Waals surface area (Å²) in [6.07, 6.45) is 2.52. The Morgan fingerprint density at radius 2 is 1.57 bits per heavy atom. The number of nitrogens with two attached hydrogens (primary N) is 1. The number of aromatic amines is 1. The molecule has 0 saturated carbocycles. The lowest BCUT2D eigenvalue weighted by Crippen LogP contribution is -2.58. The zero-order chi connectivity index (χ0) is 30.2. The van der Waals surface area contributed by atoms with Crippen molar-refractivity contribution in [3.63, 3.8) is 0 Å². The molecule has 3 aromatic rings. The van der Waals surface area contributed by atoms with E-state index in [0.29, 0.717) is 24.1 Å². The van der Waals surface area contributed by atoms with Gasteiger partial charge < -0.3 is 42.2 Å². The molecule has 4 atom stereocenters. The highest BCUT2D eigenvalue weighted by Gasteiger charge is 2.32. The molecule has 9 N–H and O–H groups in total. The molecule has 222 valence electrons. The van der Waals surface area contributed by atoms with Gasteiger partial charge in [0.1, 0.15) is 23.9 Å². The van der Waals surface area contributed by atoms with Gasteiger partial charge in [0.25, 0.3) is 0 Å². The minimum Gasteiger partial charge on any atom is -0.508 e. The highest BCUT2D eigenvalue weighted by Crippen LogP contribution is 2.20. The number of para-hydroxylation sites is 1. The van der Waals surface area contributed by atoms with Crippen molar-refractivity contribution in [1.82, 2.24) is 26.3 Å². The van der Waals surface area contributed by atoms with Gasteiger partial charge in [-0.15, -0.1) is 0 Å². The van der Waals surface area contributed by atoms with Gasteiger partial charge in [0.2, 0.25) is 23.6 Å². The predicted octanol–water partition coefficient (Wildman–Crippen LogP) is -0.175. The van der Waals surface area contributed by atoms with Gasteiger partial charge in [-0.3, -0.25) is 19.2 Å². The molecule has 4 amide bonds. The second kappa shape index (κ2) is 13.6. The van der Waals surface area contributed by atoms with Crippen molar-refractivity contribution in [2.45, 2.75) is 56.3 Å². The van der Waals surface area contributed by atoms with Gasteiger partial charge in [0.15, 0.2) is 0 Å². The largest absolute Gasteiger partial charge is 0.508 e. The smallest absolute Gasteiger partial charge is 0.326 e. The molecular weight excluding hydrogens is 544 g/mol.